The van der Waals surface area contributed by atoms with Crippen LogP contribution >= 0.6 is 0 Å². The van der Waals surface area contributed by atoms with E-state index in [-0.39, 0.29) is 5.75 Å². The van der Waals surface area contributed by atoms with Crippen molar-refractivity contribution in [3.05, 3.63) is 29.3 Å². The SMILES string of the molecule is Cc1cc(OC(F)F)ccc1C(N)=O. The largest absolute Gasteiger partial charge is 0.435 e. The van der Waals surface area contributed by atoms with Gasteiger partial charge in [0.1, 0.15) is 5.75 Å². The second-order valence-corrected chi connectivity index (χ2v) is 2.72. The first kappa shape index (κ1) is 10.4. The van der Waals surface area contributed by atoms with E-state index in [1.165, 1.54) is 18.2 Å². The highest BCUT2D eigenvalue weighted by molar-refractivity contribution is 5.94. The summed E-state index contributed by atoms with van der Waals surface area (Å²) in [5.41, 5.74) is 5.85. The van der Waals surface area contributed by atoms with E-state index in [0.29, 0.717) is 11.1 Å². The first-order valence-electron chi connectivity index (χ1n) is 3.86. The number of ether oxygens (including phenoxy) is 1. The fourth-order valence-electron chi connectivity index (χ4n) is 1.09. The van der Waals surface area contributed by atoms with Gasteiger partial charge in [0.25, 0.3) is 0 Å². The summed E-state index contributed by atoms with van der Waals surface area (Å²) in [5.74, 6) is -0.575. The van der Waals surface area contributed by atoms with Gasteiger partial charge in [-0.3, -0.25) is 4.79 Å². The molecule has 0 radical (unpaired) electrons. The quantitative estimate of drug-likeness (QED) is 0.809. The fraction of sp³-hybridized carbons (Fsp3) is 0.222. The van der Waals surface area contributed by atoms with Crippen LogP contribution in [0, 0.1) is 6.92 Å². The van der Waals surface area contributed by atoms with Gasteiger partial charge >= 0.3 is 6.61 Å². The Labute approximate surface area is 79.5 Å². The highest BCUT2D eigenvalue weighted by Crippen LogP contribution is 2.18. The molecule has 1 aromatic rings. The van der Waals surface area contributed by atoms with Crippen LogP contribution in [0.2, 0.25) is 0 Å². The number of halogens is 2. The molecule has 0 bridgehead atoms. The third-order valence-electron chi connectivity index (χ3n) is 1.69. The van der Waals surface area contributed by atoms with Crippen molar-refractivity contribution in [1.29, 1.82) is 0 Å². The van der Waals surface area contributed by atoms with Crippen LogP contribution in [0.15, 0.2) is 18.2 Å². The lowest BCUT2D eigenvalue weighted by molar-refractivity contribution is -0.0498. The van der Waals surface area contributed by atoms with Crippen LogP contribution in [0.4, 0.5) is 8.78 Å². The van der Waals surface area contributed by atoms with Gasteiger partial charge in [-0.25, -0.2) is 0 Å². The lowest BCUT2D eigenvalue weighted by Gasteiger charge is -2.06. The molecule has 0 heterocycles. The van der Waals surface area contributed by atoms with E-state index in [2.05, 4.69) is 4.74 Å². The molecule has 14 heavy (non-hydrogen) atoms. The molecule has 0 aliphatic rings. The Kier molecular flexibility index (Phi) is 3.01. The van der Waals surface area contributed by atoms with Gasteiger partial charge in [-0.05, 0) is 30.7 Å². The number of amides is 1. The number of carbonyl (C=O) groups is 1. The number of carbonyl (C=O) groups excluding carboxylic acids is 1. The minimum Gasteiger partial charge on any atom is -0.435 e. The molecular weight excluding hydrogens is 192 g/mol. The molecule has 1 amide bonds. The molecule has 0 saturated carbocycles. The Morgan fingerprint density at radius 3 is 2.57 bits per heavy atom. The van der Waals surface area contributed by atoms with Gasteiger partial charge in [-0.2, -0.15) is 8.78 Å². The predicted octanol–water partition coefficient (Wildman–Crippen LogP) is 1.70. The summed E-state index contributed by atoms with van der Waals surface area (Å²) in [6.07, 6.45) is 0. The minimum absolute atomic E-state index is 0.0162. The minimum atomic E-state index is -2.87. The van der Waals surface area contributed by atoms with Crippen LogP contribution in [0.25, 0.3) is 0 Å². The van der Waals surface area contributed by atoms with Crippen molar-refractivity contribution in [2.24, 2.45) is 5.73 Å². The summed E-state index contributed by atoms with van der Waals surface area (Å²) in [6, 6.07) is 3.97. The number of aryl methyl sites for hydroxylation is 1. The van der Waals surface area contributed by atoms with Gasteiger partial charge in [-0.1, -0.05) is 0 Å². The highest BCUT2D eigenvalue weighted by atomic mass is 19.3. The number of hydrogen-bond donors (Lipinski definition) is 1. The molecule has 1 aromatic carbocycles. The maximum Gasteiger partial charge on any atom is 0.387 e. The Morgan fingerprint density at radius 2 is 2.14 bits per heavy atom. The van der Waals surface area contributed by atoms with E-state index in [0.717, 1.165) is 0 Å². The average molecular weight is 201 g/mol. The second kappa shape index (κ2) is 4.04. The molecule has 0 aromatic heterocycles. The number of nitrogens with two attached hydrogens (primary N) is 1. The third kappa shape index (κ3) is 2.42. The Balaban J connectivity index is 2.94. The molecular formula is C9H9F2NO2. The first-order valence-corrected chi connectivity index (χ1v) is 3.86. The van der Waals surface area contributed by atoms with Crippen molar-refractivity contribution >= 4 is 5.91 Å². The van der Waals surface area contributed by atoms with Crippen molar-refractivity contribution < 1.29 is 18.3 Å². The lowest BCUT2D eigenvalue weighted by atomic mass is 10.1. The Morgan fingerprint density at radius 1 is 1.50 bits per heavy atom. The van der Waals surface area contributed by atoms with Crippen LogP contribution in [0.1, 0.15) is 15.9 Å². The summed E-state index contributed by atoms with van der Waals surface area (Å²) in [6.45, 7) is -1.27. The zero-order valence-corrected chi connectivity index (χ0v) is 7.46. The molecule has 3 nitrogen and oxygen atoms in total. The summed E-state index contributed by atoms with van der Waals surface area (Å²) < 4.78 is 27.7. The number of alkyl halides is 2. The molecule has 5 heteroatoms. The molecule has 0 fully saturated rings. The zero-order chi connectivity index (χ0) is 10.7. The number of benzene rings is 1. The van der Waals surface area contributed by atoms with E-state index in [4.69, 9.17) is 5.73 Å². The van der Waals surface area contributed by atoms with E-state index in [1.807, 2.05) is 0 Å². The monoisotopic (exact) mass is 201 g/mol. The fourth-order valence-corrected chi connectivity index (χ4v) is 1.09. The van der Waals surface area contributed by atoms with Gasteiger partial charge in [0.15, 0.2) is 0 Å². The molecule has 0 unspecified atom stereocenters. The van der Waals surface area contributed by atoms with Crippen molar-refractivity contribution in [2.45, 2.75) is 13.5 Å². The normalized spacial score (nSPS) is 10.3. The van der Waals surface area contributed by atoms with Gasteiger partial charge < -0.3 is 10.5 Å². The molecule has 0 aliphatic heterocycles. The van der Waals surface area contributed by atoms with Gasteiger partial charge in [0.05, 0.1) is 0 Å². The third-order valence-corrected chi connectivity index (χ3v) is 1.69. The zero-order valence-electron chi connectivity index (χ0n) is 7.46. The van der Waals surface area contributed by atoms with Crippen LogP contribution < -0.4 is 10.5 Å². The van der Waals surface area contributed by atoms with Crippen LogP contribution in [0.3, 0.4) is 0 Å². The number of primary amides is 1. The second-order valence-electron chi connectivity index (χ2n) is 2.72. The Hall–Kier alpha value is -1.65. The summed E-state index contributed by atoms with van der Waals surface area (Å²) in [4.78, 5) is 10.8. The molecule has 76 valence electrons. The van der Waals surface area contributed by atoms with Crippen molar-refractivity contribution in [3.63, 3.8) is 0 Å². The van der Waals surface area contributed by atoms with Crippen LogP contribution in [-0.4, -0.2) is 12.5 Å². The highest BCUT2D eigenvalue weighted by Gasteiger charge is 2.08. The molecule has 0 saturated heterocycles. The topological polar surface area (TPSA) is 52.3 Å². The van der Waals surface area contributed by atoms with Crippen molar-refractivity contribution in [2.75, 3.05) is 0 Å². The summed E-state index contributed by atoms with van der Waals surface area (Å²) >= 11 is 0. The van der Waals surface area contributed by atoms with E-state index < -0.39 is 12.5 Å². The molecule has 0 atom stereocenters. The first-order chi connectivity index (χ1) is 6.50. The molecule has 1 rings (SSSR count). The summed E-state index contributed by atoms with van der Waals surface area (Å²) in [5, 5.41) is 0. The maximum atomic E-state index is 11.8. The van der Waals surface area contributed by atoms with Crippen molar-refractivity contribution in [3.8, 4) is 5.75 Å². The average Bonchev–Trinajstić information content (AvgIpc) is 2.01. The van der Waals surface area contributed by atoms with E-state index >= 15 is 0 Å². The molecule has 0 spiro atoms. The summed E-state index contributed by atoms with van der Waals surface area (Å²) in [7, 11) is 0. The smallest absolute Gasteiger partial charge is 0.387 e. The molecule has 0 aliphatic carbocycles. The van der Waals surface area contributed by atoms with Gasteiger partial charge in [0, 0.05) is 5.56 Å². The van der Waals surface area contributed by atoms with Crippen LogP contribution in [-0.2, 0) is 0 Å². The number of rotatable bonds is 3. The Bertz CT molecular complexity index is 353. The van der Waals surface area contributed by atoms with Crippen molar-refractivity contribution in [1.82, 2.24) is 0 Å². The standard InChI is InChI=1S/C9H9F2NO2/c1-5-4-6(14-9(10)11)2-3-7(5)8(12)13/h2-4,9H,1H3,(H2,12,13). The maximum absolute atomic E-state index is 11.8. The molecule has 2 N–H and O–H groups in total. The number of hydrogen-bond acceptors (Lipinski definition) is 2. The van der Waals surface area contributed by atoms with Crippen LogP contribution in [0.5, 0.6) is 5.75 Å². The van der Waals surface area contributed by atoms with Gasteiger partial charge in [-0.15, -0.1) is 0 Å². The lowest BCUT2D eigenvalue weighted by Crippen LogP contribution is -2.12. The van der Waals surface area contributed by atoms with Gasteiger partial charge in [0.2, 0.25) is 5.91 Å². The van der Waals surface area contributed by atoms with E-state index in [9.17, 15) is 13.6 Å². The predicted molar refractivity (Wildman–Crippen MR) is 46.3 cm³/mol. The van der Waals surface area contributed by atoms with E-state index in [1.54, 1.807) is 6.92 Å².